The summed E-state index contributed by atoms with van der Waals surface area (Å²) in [5.74, 6) is 0.611. The number of hydrogen-bond acceptors (Lipinski definition) is 4. The van der Waals surface area contributed by atoms with Crippen molar-refractivity contribution in [1.82, 2.24) is 4.90 Å². The molecule has 0 N–H and O–H groups in total. The molecule has 0 aliphatic carbocycles. The van der Waals surface area contributed by atoms with E-state index in [9.17, 15) is 4.79 Å². The van der Waals surface area contributed by atoms with Crippen molar-refractivity contribution >= 4 is 11.5 Å². The summed E-state index contributed by atoms with van der Waals surface area (Å²) in [5, 5.41) is 0. The van der Waals surface area contributed by atoms with Crippen LogP contribution in [0.15, 0.2) is 48.5 Å². The zero-order chi connectivity index (χ0) is 19.2. The first kappa shape index (κ1) is 19.2. The molecule has 2 aromatic carbocycles. The van der Waals surface area contributed by atoms with E-state index in [1.165, 1.54) is 5.56 Å². The van der Waals surface area contributed by atoms with Crippen molar-refractivity contribution < 1.29 is 14.3 Å². The summed E-state index contributed by atoms with van der Waals surface area (Å²) in [6, 6.07) is 14.2. The quantitative estimate of drug-likeness (QED) is 0.724. The predicted molar refractivity (Wildman–Crippen MR) is 108 cm³/mol. The van der Waals surface area contributed by atoms with Gasteiger partial charge in [-0.25, -0.2) is 0 Å². The van der Waals surface area contributed by atoms with E-state index in [2.05, 4.69) is 43.3 Å². The SMILES string of the molecule is CCOC(=O)Cc1cccc2c1/C(=C\CCN(C)C)c1ccccc1CO2. The Labute approximate surface area is 161 Å². The van der Waals surface area contributed by atoms with Gasteiger partial charge in [-0.15, -0.1) is 0 Å². The van der Waals surface area contributed by atoms with Crippen LogP contribution in [-0.4, -0.2) is 38.1 Å². The molecule has 0 unspecified atom stereocenters. The van der Waals surface area contributed by atoms with Crippen molar-refractivity contribution in [2.24, 2.45) is 0 Å². The van der Waals surface area contributed by atoms with E-state index in [0.29, 0.717) is 13.2 Å². The highest BCUT2D eigenvalue weighted by Gasteiger charge is 2.22. The first-order chi connectivity index (χ1) is 13.1. The van der Waals surface area contributed by atoms with Crippen LogP contribution in [0.3, 0.4) is 0 Å². The van der Waals surface area contributed by atoms with E-state index in [4.69, 9.17) is 9.47 Å². The number of fused-ring (bicyclic) bond motifs is 2. The second kappa shape index (κ2) is 8.87. The highest BCUT2D eigenvalue weighted by Crippen LogP contribution is 2.39. The van der Waals surface area contributed by atoms with E-state index in [1.54, 1.807) is 0 Å². The van der Waals surface area contributed by atoms with Gasteiger partial charge in [0.25, 0.3) is 0 Å². The smallest absolute Gasteiger partial charge is 0.310 e. The van der Waals surface area contributed by atoms with Gasteiger partial charge < -0.3 is 14.4 Å². The monoisotopic (exact) mass is 365 g/mol. The third kappa shape index (κ3) is 4.58. The Morgan fingerprint density at radius 1 is 1.19 bits per heavy atom. The van der Waals surface area contributed by atoms with Gasteiger partial charge in [-0.3, -0.25) is 4.79 Å². The van der Waals surface area contributed by atoms with Crippen LogP contribution in [0.25, 0.3) is 5.57 Å². The summed E-state index contributed by atoms with van der Waals surface area (Å²) in [7, 11) is 4.14. The normalized spacial score (nSPS) is 14.3. The van der Waals surface area contributed by atoms with Crippen molar-refractivity contribution in [3.63, 3.8) is 0 Å². The molecule has 1 aliphatic rings. The fourth-order valence-electron chi connectivity index (χ4n) is 3.40. The number of carbonyl (C=O) groups excluding carboxylic acids is 1. The maximum atomic E-state index is 12.2. The van der Waals surface area contributed by atoms with Gasteiger partial charge in [0.05, 0.1) is 13.0 Å². The predicted octanol–water partition coefficient (Wildman–Crippen LogP) is 4.07. The lowest BCUT2D eigenvalue weighted by atomic mass is 9.89. The average molecular weight is 365 g/mol. The number of benzene rings is 2. The molecular formula is C23H27NO3. The van der Waals surface area contributed by atoms with E-state index >= 15 is 0 Å². The number of ether oxygens (including phenoxy) is 2. The van der Waals surface area contributed by atoms with Crippen LogP contribution in [0.1, 0.15) is 35.6 Å². The minimum atomic E-state index is -0.212. The lowest BCUT2D eigenvalue weighted by Crippen LogP contribution is -2.12. The Morgan fingerprint density at radius 3 is 2.78 bits per heavy atom. The Balaban J connectivity index is 2.09. The first-order valence-electron chi connectivity index (χ1n) is 9.44. The summed E-state index contributed by atoms with van der Waals surface area (Å²) in [4.78, 5) is 14.3. The molecular weight excluding hydrogens is 338 g/mol. The summed E-state index contributed by atoms with van der Waals surface area (Å²) in [6.07, 6.45) is 3.43. The van der Waals surface area contributed by atoms with Gasteiger partial charge in [-0.05, 0) is 55.8 Å². The van der Waals surface area contributed by atoms with Crippen molar-refractivity contribution in [3.8, 4) is 5.75 Å². The molecule has 0 bridgehead atoms. The molecule has 0 fully saturated rings. The van der Waals surface area contributed by atoms with Gasteiger partial charge in [0.2, 0.25) is 0 Å². The number of nitrogens with zero attached hydrogens (tertiary/aromatic N) is 1. The van der Waals surface area contributed by atoms with Gasteiger partial charge in [0.15, 0.2) is 0 Å². The van der Waals surface area contributed by atoms with Crippen LogP contribution < -0.4 is 4.74 Å². The highest BCUT2D eigenvalue weighted by atomic mass is 16.5. The van der Waals surface area contributed by atoms with Crippen molar-refractivity contribution in [2.75, 3.05) is 27.2 Å². The molecule has 0 spiro atoms. The van der Waals surface area contributed by atoms with Crippen LogP contribution >= 0.6 is 0 Å². The van der Waals surface area contributed by atoms with Crippen LogP contribution in [-0.2, 0) is 22.6 Å². The minimum Gasteiger partial charge on any atom is -0.488 e. The molecule has 0 saturated carbocycles. The van der Waals surface area contributed by atoms with Gasteiger partial charge in [-0.1, -0.05) is 42.5 Å². The Bertz CT molecular complexity index is 839. The molecule has 142 valence electrons. The molecule has 4 nitrogen and oxygen atoms in total. The lowest BCUT2D eigenvalue weighted by molar-refractivity contribution is -0.142. The fraction of sp³-hybridized carbons (Fsp3) is 0.348. The molecule has 4 heteroatoms. The van der Waals surface area contributed by atoms with Crippen LogP contribution in [0.5, 0.6) is 5.75 Å². The van der Waals surface area contributed by atoms with E-state index in [0.717, 1.165) is 41.0 Å². The standard InChI is InChI=1S/C23H27NO3/c1-4-26-22(25)15-17-10-7-13-21-23(17)20(12-8-14-24(2)3)19-11-6-5-9-18(19)16-27-21/h5-7,9-13H,4,8,14-16H2,1-3H3/b20-12-. The van der Waals surface area contributed by atoms with Crippen LogP contribution in [0.4, 0.5) is 0 Å². The summed E-state index contributed by atoms with van der Waals surface area (Å²) < 4.78 is 11.3. The molecule has 0 saturated heterocycles. The average Bonchev–Trinajstić information content (AvgIpc) is 2.80. The molecule has 2 aromatic rings. The summed E-state index contributed by atoms with van der Waals surface area (Å²) >= 11 is 0. The molecule has 3 rings (SSSR count). The zero-order valence-corrected chi connectivity index (χ0v) is 16.3. The van der Waals surface area contributed by atoms with Crippen LogP contribution in [0.2, 0.25) is 0 Å². The second-order valence-electron chi connectivity index (χ2n) is 6.93. The molecule has 1 aliphatic heterocycles. The third-order valence-electron chi connectivity index (χ3n) is 4.64. The fourth-order valence-corrected chi connectivity index (χ4v) is 3.40. The lowest BCUT2D eigenvalue weighted by Gasteiger charge is -2.16. The van der Waals surface area contributed by atoms with Gasteiger partial charge in [-0.2, -0.15) is 0 Å². The Hall–Kier alpha value is -2.59. The minimum absolute atomic E-state index is 0.212. The second-order valence-corrected chi connectivity index (χ2v) is 6.93. The molecule has 0 aromatic heterocycles. The maximum Gasteiger partial charge on any atom is 0.310 e. The topological polar surface area (TPSA) is 38.8 Å². The Kier molecular flexibility index (Phi) is 6.30. The van der Waals surface area contributed by atoms with Crippen LogP contribution in [0, 0.1) is 0 Å². The number of rotatable bonds is 6. The zero-order valence-electron chi connectivity index (χ0n) is 16.3. The van der Waals surface area contributed by atoms with Crippen molar-refractivity contribution in [2.45, 2.75) is 26.4 Å². The van der Waals surface area contributed by atoms with E-state index in [-0.39, 0.29) is 12.4 Å². The highest BCUT2D eigenvalue weighted by molar-refractivity contribution is 5.88. The summed E-state index contributed by atoms with van der Waals surface area (Å²) in [6.45, 7) is 3.70. The molecule has 0 radical (unpaired) electrons. The molecule has 0 atom stereocenters. The van der Waals surface area contributed by atoms with Crippen molar-refractivity contribution in [3.05, 3.63) is 70.8 Å². The van der Waals surface area contributed by atoms with Gasteiger partial charge in [0.1, 0.15) is 12.4 Å². The van der Waals surface area contributed by atoms with Gasteiger partial charge >= 0.3 is 5.97 Å². The van der Waals surface area contributed by atoms with E-state index < -0.39 is 0 Å². The van der Waals surface area contributed by atoms with E-state index in [1.807, 2.05) is 31.2 Å². The molecule has 1 heterocycles. The first-order valence-corrected chi connectivity index (χ1v) is 9.44. The number of hydrogen-bond donors (Lipinski definition) is 0. The summed E-state index contributed by atoms with van der Waals surface area (Å²) in [5.41, 5.74) is 5.42. The maximum absolute atomic E-state index is 12.2. The largest absolute Gasteiger partial charge is 0.488 e. The van der Waals surface area contributed by atoms with Gasteiger partial charge in [0, 0.05) is 12.1 Å². The third-order valence-corrected chi connectivity index (χ3v) is 4.64. The molecule has 27 heavy (non-hydrogen) atoms. The van der Waals surface area contributed by atoms with Crippen molar-refractivity contribution in [1.29, 1.82) is 0 Å². The Morgan fingerprint density at radius 2 is 2.00 bits per heavy atom. The number of carbonyl (C=O) groups is 1. The molecule has 0 amide bonds. The number of esters is 1.